The van der Waals surface area contributed by atoms with Gasteiger partial charge in [-0.15, -0.1) is 10.2 Å². The van der Waals surface area contributed by atoms with Crippen LogP contribution in [0, 0.1) is 0 Å². The van der Waals surface area contributed by atoms with Gasteiger partial charge in [-0.1, -0.05) is 42.1 Å². The van der Waals surface area contributed by atoms with Crippen molar-refractivity contribution in [2.45, 2.75) is 11.7 Å². The van der Waals surface area contributed by atoms with Crippen LogP contribution in [0.4, 0.5) is 0 Å². The molecule has 140 valence electrons. The van der Waals surface area contributed by atoms with Crippen molar-refractivity contribution in [2.75, 3.05) is 32.1 Å². The Hall–Kier alpha value is -2.58. The number of aromatic nitrogens is 3. The van der Waals surface area contributed by atoms with Gasteiger partial charge in [0.05, 0.1) is 31.8 Å². The Labute approximate surface area is 161 Å². The highest BCUT2D eigenvalue weighted by Crippen LogP contribution is 2.25. The summed E-state index contributed by atoms with van der Waals surface area (Å²) in [6, 6.07) is 13.8. The van der Waals surface area contributed by atoms with Gasteiger partial charge in [-0.05, 0) is 17.7 Å². The number of morpholine rings is 1. The van der Waals surface area contributed by atoms with Crippen LogP contribution in [0.5, 0.6) is 0 Å². The second-order valence-electron chi connectivity index (χ2n) is 6.14. The smallest absolute Gasteiger partial charge is 0.233 e. The van der Waals surface area contributed by atoms with Gasteiger partial charge in [0.15, 0.2) is 10.9 Å². The van der Waals surface area contributed by atoms with Crippen molar-refractivity contribution in [1.29, 1.82) is 0 Å². The van der Waals surface area contributed by atoms with Crippen LogP contribution in [-0.4, -0.2) is 57.6 Å². The highest BCUT2D eigenvalue weighted by molar-refractivity contribution is 7.99. The quantitative estimate of drug-likeness (QED) is 0.608. The second-order valence-corrected chi connectivity index (χ2v) is 7.08. The summed E-state index contributed by atoms with van der Waals surface area (Å²) in [5.74, 6) is 1.73. The molecule has 4 rings (SSSR count). The van der Waals surface area contributed by atoms with E-state index in [-0.39, 0.29) is 5.91 Å². The summed E-state index contributed by atoms with van der Waals surface area (Å²) in [5.41, 5.74) is 1.13. The first-order valence-corrected chi connectivity index (χ1v) is 9.79. The molecule has 8 heteroatoms. The van der Waals surface area contributed by atoms with E-state index >= 15 is 0 Å². The number of benzene rings is 1. The molecule has 3 heterocycles. The topological polar surface area (TPSA) is 73.4 Å². The lowest BCUT2D eigenvalue weighted by Crippen LogP contribution is -2.41. The molecule has 7 nitrogen and oxygen atoms in total. The molecule has 1 aromatic carbocycles. The number of thioether (sulfide) groups is 1. The van der Waals surface area contributed by atoms with Gasteiger partial charge in [0.2, 0.25) is 11.7 Å². The normalized spacial score (nSPS) is 14.4. The van der Waals surface area contributed by atoms with E-state index in [1.807, 2.05) is 39.8 Å². The number of ether oxygens (including phenoxy) is 1. The van der Waals surface area contributed by atoms with Crippen molar-refractivity contribution in [3.8, 4) is 11.6 Å². The molecule has 0 bridgehead atoms. The van der Waals surface area contributed by atoms with E-state index in [4.69, 9.17) is 9.15 Å². The fourth-order valence-electron chi connectivity index (χ4n) is 2.92. The summed E-state index contributed by atoms with van der Waals surface area (Å²) in [6.45, 7) is 3.10. The number of hydrogen-bond donors (Lipinski definition) is 0. The van der Waals surface area contributed by atoms with E-state index in [2.05, 4.69) is 22.3 Å². The van der Waals surface area contributed by atoms with Crippen LogP contribution < -0.4 is 0 Å². The molecule has 2 aromatic heterocycles. The molecule has 1 fully saturated rings. The van der Waals surface area contributed by atoms with Gasteiger partial charge in [0.1, 0.15) is 0 Å². The summed E-state index contributed by atoms with van der Waals surface area (Å²) in [6.07, 6.45) is 1.62. The number of rotatable bonds is 6. The molecule has 1 amide bonds. The van der Waals surface area contributed by atoms with Gasteiger partial charge in [-0.25, -0.2) is 0 Å². The minimum absolute atomic E-state index is 0.0945. The van der Waals surface area contributed by atoms with Crippen molar-refractivity contribution in [3.05, 3.63) is 54.3 Å². The first kappa shape index (κ1) is 17.8. The summed E-state index contributed by atoms with van der Waals surface area (Å²) in [7, 11) is 0. The second kappa shape index (κ2) is 8.41. The van der Waals surface area contributed by atoms with Crippen molar-refractivity contribution in [2.24, 2.45) is 0 Å². The third kappa shape index (κ3) is 4.23. The zero-order chi connectivity index (χ0) is 18.5. The first-order chi connectivity index (χ1) is 13.3. The number of hydrogen-bond acceptors (Lipinski definition) is 6. The van der Waals surface area contributed by atoms with Gasteiger partial charge >= 0.3 is 0 Å². The SMILES string of the molecule is O=C(CSc1nnc(-c2ccco2)n1Cc1ccccc1)N1CCOCC1. The Balaban J connectivity index is 1.53. The van der Waals surface area contributed by atoms with E-state index in [1.165, 1.54) is 11.8 Å². The molecule has 0 N–H and O–H groups in total. The van der Waals surface area contributed by atoms with Crippen LogP contribution in [0.2, 0.25) is 0 Å². The zero-order valence-corrected chi connectivity index (χ0v) is 15.6. The lowest BCUT2D eigenvalue weighted by Gasteiger charge is -2.26. The van der Waals surface area contributed by atoms with Gasteiger partial charge in [0, 0.05) is 13.1 Å². The fraction of sp³-hybridized carbons (Fsp3) is 0.316. The molecule has 0 radical (unpaired) electrons. The monoisotopic (exact) mass is 384 g/mol. The van der Waals surface area contributed by atoms with Crippen LogP contribution in [0.1, 0.15) is 5.56 Å². The summed E-state index contributed by atoms with van der Waals surface area (Å²) >= 11 is 1.40. The largest absolute Gasteiger partial charge is 0.461 e. The molecule has 0 spiro atoms. The molecule has 1 saturated heterocycles. The highest BCUT2D eigenvalue weighted by atomic mass is 32.2. The van der Waals surface area contributed by atoms with Crippen molar-refractivity contribution in [3.63, 3.8) is 0 Å². The number of carbonyl (C=O) groups is 1. The third-order valence-corrected chi connectivity index (χ3v) is 5.28. The predicted octanol–water partition coefficient (Wildman–Crippen LogP) is 2.54. The van der Waals surface area contributed by atoms with E-state index in [0.29, 0.717) is 55.3 Å². The maximum absolute atomic E-state index is 12.5. The first-order valence-electron chi connectivity index (χ1n) is 8.80. The number of amides is 1. The Morgan fingerprint density at radius 1 is 1.07 bits per heavy atom. The van der Waals surface area contributed by atoms with Gasteiger partial charge in [0.25, 0.3) is 0 Å². The number of furan rings is 1. The lowest BCUT2D eigenvalue weighted by atomic mass is 10.2. The molecule has 1 aliphatic heterocycles. The maximum Gasteiger partial charge on any atom is 0.233 e. The molecule has 0 unspecified atom stereocenters. The zero-order valence-electron chi connectivity index (χ0n) is 14.8. The average Bonchev–Trinajstić information content (AvgIpc) is 3.38. The summed E-state index contributed by atoms with van der Waals surface area (Å²) in [5, 5.41) is 9.31. The van der Waals surface area contributed by atoms with Crippen molar-refractivity contribution < 1.29 is 13.9 Å². The van der Waals surface area contributed by atoms with Crippen LogP contribution in [0.25, 0.3) is 11.6 Å². The molecule has 0 atom stereocenters. The van der Waals surface area contributed by atoms with Crippen LogP contribution in [0.15, 0.2) is 58.3 Å². The highest BCUT2D eigenvalue weighted by Gasteiger charge is 2.21. The molecule has 0 aliphatic carbocycles. The Morgan fingerprint density at radius 3 is 2.63 bits per heavy atom. The minimum atomic E-state index is 0.0945. The molecular weight excluding hydrogens is 364 g/mol. The molecular formula is C19H20N4O3S. The summed E-state index contributed by atoms with van der Waals surface area (Å²) < 4.78 is 12.8. The van der Waals surface area contributed by atoms with Crippen molar-refractivity contribution in [1.82, 2.24) is 19.7 Å². The Bertz CT molecular complexity index is 874. The van der Waals surface area contributed by atoms with E-state index in [0.717, 1.165) is 5.56 Å². The minimum Gasteiger partial charge on any atom is -0.461 e. The molecule has 0 saturated carbocycles. The van der Waals surface area contributed by atoms with Crippen LogP contribution in [0.3, 0.4) is 0 Å². The van der Waals surface area contributed by atoms with Crippen molar-refractivity contribution >= 4 is 17.7 Å². The molecule has 1 aliphatic rings. The fourth-order valence-corrected chi connectivity index (χ4v) is 3.76. The molecule has 27 heavy (non-hydrogen) atoms. The third-order valence-electron chi connectivity index (χ3n) is 4.33. The average molecular weight is 384 g/mol. The standard InChI is InChI=1S/C19H20N4O3S/c24-17(22-8-11-25-12-9-22)14-27-19-21-20-18(16-7-4-10-26-16)23(19)13-15-5-2-1-3-6-15/h1-7,10H,8-9,11-14H2. The Kier molecular flexibility index (Phi) is 5.55. The summed E-state index contributed by atoms with van der Waals surface area (Å²) in [4.78, 5) is 14.3. The predicted molar refractivity (Wildman–Crippen MR) is 101 cm³/mol. The van der Waals surface area contributed by atoms with E-state index in [9.17, 15) is 4.79 Å². The van der Waals surface area contributed by atoms with Gasteiger partial charge < -0.3 is 14.1 Å². The number of carbonyl (C=O) groups excluding carboxylic acids is 1. The Morgan fingerprint density at radius 2 is 1.89 bits per heavy atom. The van der Waals surface area contributed by atoms with Crippen LogP contribution in [-0.2, 0) is 16.1 Å². The molecule has 3 aromatic rings. The lowest BCUT2D eigenvalue weighted by molar-refractivity contribution is -0.132. The number of nitrogens with zero attached hydrogens (tertiary/aromatic N) is 4. The maximum atomic E-state index is 12.5. The van der Waals surface area contributed by atoms with E-state index in [1.54, 1.807) is 6.26 Å². The van der Waals surface area contributed by atoms with Crippen LogP contribution >= 0.6 is 11.8 Å². The van der Waals surface area contributed by atoms with Gasteiger partial charge in [-0.2, -0.15) is 0 Å². The van der Waals surface area contributed by atoms with E-state index < -0.39 is 0 Å². The van der Waals surface area contributed by atoms with Gasteiger partial charge in [-0.3, -0.25) is 9.36 Å².